The molecule has 1 aliphatic rings. The fraction of sp³-hybridized carbons (Fsp3) is 0.167. The molecule has 0 unspecified atom stereocenters. The number of nitrogens with zero attached hydrogens (tertiary/aromatic N) is 4. The van der Waals surface area contributed by atoms with E-state index in [9.17, 15) is 0 Å². The smallest absolute Gasteiger partial charge is 0.177 e. The molecule has 0 radical (unpaired) electrons. The molecule has 2 aromatic rings. The standard InChI is InChI=1S/C12H14N6S/c1-8-5-3-4-6-10(8)18-12(19)9(7-13-18)11-14-15-16-17(11)2/h3-7,15-16,19H,1-2H3. The summed E-state index contributed by atoms with van der Waals surface area (Å²) in [5, 5.41) is 11.1. The van der Waals surface area contributed by atoms with Crippen molar-refractivity contribution >= 4 is 18.5 Å². The summed E-state index contributed by atoms with van der Waals surface area (Å²) in [4.78, 5) is 0. The molecule has 0 fully saturated rings. The van der Waals surface area contributed by atoms with Gasteiger partial charge in [-0.3, -0.25) is 5.01 Å². The van der Waals surface area contributed by atoms with Crippen LogP contribution in [0.15, 0.2) is 40.6 Å². The van der Waals surface area contributed by atoms with E-state index >= 15 is 0 Å². The molecule has 1 aliphatic heterocycles. The zero-order chi connectivity index (χ0) is 13.4. The highest BCUT2D eigenvalue weighted by molar-refractivity contribution is 7.80. The fourth-order valence-corrected chi connectivity index (χ4v) is 2.32. The quantitative estimate of drug-likeness (QED) is 0.718. The Bertz CT molecular complexity index is 647. The maximum Gasteiger partial charge on any atom is 0.177 e. The number of hydrogen-bond donors (Lipinski definition) is 3. The van der Waals surface area contributed by atoms with Crippen molar-refractivity contribution in [1.29, 1.82) is 0 Å². The molecule has 2 heterocycles. The van der Waals surface area contributed by atoms with Gasteiger partial charge in [-0.15, -0.1) is 23.3 Å². The predicted octanol–water partition coefficient (Wildman–Crippen LogP) is 1.09. The molecule has 98 valence electrons. The number of amidine groups is 1. The van der Waals surface area contributed by atoms with E-state index in [2.05, 4.69) is 33.9 Å². The van der Waals surface area contributed by atoms with Gasteiger partial charge in [-0.25, -0.2) is 10.2 Å². The Hall–Kier alpha value is -1.99. The van der Waals surface area contributed by atoms with Gasteiger partial charge in [0.2, 0.25) is 0 Å². The van der Waals surface area contributed by atoms with Crippen LogP contribution in [0.1, 0.15) is 11.1 Å². The van der Waals surface area contributed by atoms with Crippen molar-refractivity contribution in [2.24, 2.45) is 5.10 Å². The van der Waals surface area contributed by atoms with E-state index in [-0.39, 0.29) is 0 Å². The monoisotopic (exact) mass is 274 g/mol. The number of hydrazine groups is 2. The second-order valence-electron chi connectivity index (χ2n) is 4.30. The number of para-hydroxylation sites is 1. The van der Waals surface area contributed by atoms with Gasteiger partial charge in [-0.05, 0) is 18.6 Å². The van der Waals surface area contributed by atoms with Crippen LogP contribution in [0.5, 0.6) is 0 Å². The molecule has 0 spiro atoms. The highest BCUT2D eigenvalue weighted by atomic mass is 32.1. The van der Waals surface area contributed by atoms with Gasteiger partial charge in [-0.2, -0.15) is 5.10 Å². The molecular formula is C12H14N6S. The van der Waals surface area contributed by atoms with Gasteiger partial charge in [0.15, 0.2) is 5.84 Å². The first-order chi connectivity index (χ1) is 9.18. The summed E-state index contributed by atoms with van der Waals surface area (Å²) < 4.78 is 1.81. The summed E-state index contributed by atoms with van der Waals surface area (Å²) in [6.45, 7) is 2.05. The first kappa shape index (κ1) is 12.1. The van der Waals surface area contributed by atoms with Crippen LogP contribution in [0.4, 0.5) is 0 Å². The Kier molecular flexibility index (Phi) is 2.92. The fourth-order valence-electron chi connectivity index (χ4n) is 2.00. The zero-order valence-electron chi connectivity index (χ0n) is 10.6. The number of hydrogen-bond acceptors (Lipinski definition) is 6. The van der Waals surface area contributed by atoms with E-state index in [4.69, 9.17) is 0 Å². The van der Waals surface area contributed by atoms with Crippen molar-refractivity contribution in [3.8, 4) is 5.69 Å². The molecule has 0 amide bonds. The van der Waals surface area contributed by atoms with Crippen molar-refractivity contribution in [2.45, 2.75) is 11.9 Å². The Balaban J connectivity index is 2.07. The average Bonchev–Trinajstić information content (AvgIpc) is 2.96. The van der Waals surface area contributed by atoms with Crippen LogP contribution < -0.4 is 11.1 Å². The highest BCUT2D eigenvalue weighted by Crippen LogP contribution is 2.22. The van der Waals surface area contributed by atoms with Gasteiger partial charge in [0.1, 0.15) is 5.03 Å². The molecule has 3 rings (SSSR count). The highest BCUT2D eigenvalue weighted by Gasteiger charge is 2.21. The molecular weight excluding hydrogens is 260 g/mol. The Morgan fingerprint density at radius 2 is 2.05 bits per heavy atom. The van der Waals surface area contributed by atoms with Crippen molar-refractivity contribution in [2.75, 3.05) is 7.05 Å². The molecule has 1 aromatic heterocycles. The third kappa shape index (κ3) is 1.96. The van der Waals surface area contributed by atoms with Crippen molar-refractivity contribution in [3.05, 3.63) is 41.6 Å². The molecule has 0 saturated carbocycles. The molecule has 19 heavy (non-hydrogen) atoms. The lowest BCUT2D eigenvalue weighted by molar-refractivity contribution is 0.348. The summed E-state index contributed by atoms with van der Waals surface area (Å²) in [6, 6.07) is 8.05. The minimum absolute atomic E-state index is 0.754. The van der Waals surface area contributed by atoms with E-state index in [1.807, 2.05) is 42.9 Å². The number of hydrazone groups is 1. The van der Waals surface area contributed by atoms with Crippen molar-refractivity contribution < 1.29 is 0 Å². The van der Waals surface area contributed by atoms with E-state index in [1.54, 1.807) is 11.2 Å². The zero-order valence-corrected chi connectivity index (χ0v) is 11.5. The maximum absolute atomic E-state index is 4.57. The van der Waals surface area contributed by atoms with Crippen LogP contribution in [0.25, 0.3) is 5.69 Å². The van der Waals surface area contributed by atoms with Gasteiger partial charge in [0.05, 0.1) is 17.4 Å². The first-order valence-corrected chi connectivity index (χ1v) is 6.28. The van der Waals surface area contributed by atoms with Crippen LogP contribution in [-0.4, -0.2) is 27.7 Å². The molecule has 0 atom stereocenters. The van der Waals surface area contributed by atoms with E-state index in [1.165, 1.54) is 0 Å². The second kappa shape index (κ2) is 4.60. The number of thiol groups is 1. The lowest BCUT2D eigenvalue weighted by Gasteiger charge is -2.12. The van der Waals surface area contributed by atoms with Gasteiger partial charge in [-0.1, -0.05) is 18.2 Å². The SMILES string of the molecule is Cc1ccccc1-n1ncc(C2=NNNN2C)c1S. The van der Waals surface area contributed by atoms with E-state index in [0.29, 0.717) is 0 Å². The van der Waals surface area contributed by atoms with Crippen LogP contribution in [0.2, 0.25) is 0 Å². The van der Waals surface area contributed by atoms with Crippen molar-refractivity contribution in [3.63, 3.8) is 0 Å². The number of benzene rings is 1. The number of aromatic nitrogens is 2. The van der Waals surface area contributed by atoms with E-state index < -0.39 is 0 Å². The average molecular weight is 274 g/mol. The second-order valence-corrected chi connectivity index (χ2v) is 4.72. The van der Waals surface area contributed by atoms with E-state index in [0.717, 1.165) is 27.7 Å². The molecule has 6 nitrogen and oxygen atoms in total. The van der Waals surface area contributed by atoms with Crippen molar-refractivity contribution in [1.82, 2.24) is 25.9 Å². The van der Waals surface area contributed by atoms with Crippen LogP contribution in [0, 0.1) is 6.92 Å². The lowest BCUT2D eigenvalue weighted by atomic mass is 10.2. The number of aryl methyl sites for hydroxylation is 1. The number of nitrogens with one attached hydrogen (secondary N) is 2. The predicted molar refractivity (Wildman–Crippen MR) is 76.1 cm³/mol. The van der Waals surface area contributed by atoms with Gasteiger partial charge in [0, 0.05) is 7.05 Å². The third-order valence-electron chi connectivity index (χ3n) is 3.03. The summed E-state index contributed by atoms with van der Waals surface area (Å²) in [6.07, 6.45) is 1.76. The molecule has 2 N–H and O–H groups in total. The van der Waals surface area contributed by atoms with Gasteiger partial charge < -0.3 is 0 Å². The minimum atomic E-state index is 0.754. The maximum atomic E-state index is 4.57. The van der Waals surface area contributed by atoms with Crippen LogP contribution >= 0.6 is 12.6 Å². The molecule has 0 bridgehead atoms. The summed E-state index contributed by atoms with van der Waals surface area (Å²) in [5.74, 6) is 0.754. The largest absolute Gasteiger partial charge is 0.274 e. The van der Waals surface area contributed by atoms with Crippen LogP contribution in [-0.2, 0) is 0 Å². The number of rotatable bonds is 2. The van der Waals surface area contributed by atoms with Gasteiger partial charge >= 0.3 is 0 Å². The molecule has 0 aliphatic carbocycles. The minimum Gasteiger partial charge on any atom is -0.274 e. The Labute approximate surface area is 116 Å². The molecule has 1 aromatic carbocycles. The van der Waals surface area contributed by atoms with Gasteiger partial charge in [0.25, 0.3) is 0 Å². The van der Waals surface area contributed by atoms with Crippen LogP contribution in [0.3, 0.4) is 0 Å². The summed E-state index contributed by atoms with van der Waals surface area (Å²) in [7, 11) is 1.87. The third-order valence-corrected chi connectivity index (χ3v) is 3.46. The normalized spacial score (nSPS) is 14.5. The lowest BCUT2D eigenvalue weighted by Crippen LogP contribution is -2.37. The summed E-state index contributed by atoms with van der Waals surface area (Å²) >= 11 is 4.57. The molecule has 7 heteroatoms. The Morgan fingerprint density at radius 1 is 1.26 bits per heavy atom. The topological polar surface area (TPSA) is 57.5 Å². The summed E-state index contributed by atoms with van der Waals surface area (Å²) in [5.41, 5.74) is 8.59. The molecule has 0 saturated heterocycles. The Morgan fingerprint density at radius 3 is 2.74 bits per heavy atom. The first-order valence-electron chi connectivity index (χ1n) is 5.84.